The Bertz CT molecular complexity index is 618. The number of hydrogen-bond donors (Lipinski definition) is 2. The maximum Gasteiger partial charge on any atom is 0.308 e. The fourth-order valence-electron chi connectivity index (χ4n) is 2.11. The minimum atomic E-state index is -0.573. The number of nitrogens with one attached hydrogen (secondary N) is 2. The summed E-state index contributed by atoms with van der Waals surface area (Å²) in [6, 6.07) is 9.26. The van der Waals surface area contributed by atoms with Gasteiger partial charge in [-0.2, -0.15) is 0 Å². The van der Waals surface area contributed by atoms with Crippen LogP contribution in [0, 0.1) is 0 Å². The zero-order valence-electron chi connectivity index (χ0n) is 15.5. The highest BCUT2D eigenvalue weighted by Gasteiger charge is 2.09. The molecule has 1 aromatic rings. The van der Waals surface area contributed by atoms with Crippen molar-refractivity contribution in [2.24, 2.45) is 0 Å². The lowest BCUT2D eigenvalue weighted by molar-refractivity contribution is -0.148. The molecule has 0 aromatic heterocycles. The van der Waals surface area contributed by atoms with Gasteiger partial charge in [0.2, 0.25) is 5.91 Å². The summed E-state index contributed by atoms with van der Waals surface area (Å²) in [4.78, 5) is 45.9. The lowest BCUT2D eigenvalue weighted by atomic mass is 10.1. The van der Waals surface area contributed by atoms with Crippen molar-refractivity contribution in [1.82, 2.24) is 10.6 Å². The van der Waals surface area contributed by atoms with E-state index < -0.39 is 18.5 Å². The Kier molecular flexibility index (Phi) is 10.9. The van der Waals surface area contributed by atoms with Gasteiger partial charge in [0.1, 0.15) is 0 Å². The van der Waals surface area contributed by atoms with E-state index in [0.717, 1.165) is 5.56 Å². The first kappa shape index (κ1) is 22.1. The molecule has 2 N–H and O–H groups in total. The smallest absolute Gasteiger partial charge is 0.308 e. The van der Waals surface area contributed by atoms with Crippen LogP contribution in [0.4, 0.5) is 0 Å². The van der Waals surface area contributed by atoms with Crippen LogP contribution in [0.3, 0.4) is 0 Å². The van der Waals surface area contributed by atoms with E-state index in [2.05, 4.69) is 10.6 Å². The summed E-state index contributed by atoms with van der Waals surface area (Å²) in [5, 5.41) is 5.17. The third-order valence-electron chi connectivity index (χ3n) is 3.41. The molecule has 0 spiro atoms. The quantitative estimate of drug-likeness (QED) is 0.410. The van der Waals surface area contributed by atoms with Crippen molar-refractivity contribution in [3.63, 3.8) is 0 Å². The fraction of sp³-hybridized carbons (Fsp3) is 0.474. The number of benzene rings is 1. The van der Waals surface area contributed by atoms with Crippen LogP contribution in [0.15, 0.2) is 30.3 Å². The van der Waals surface area contributed by atoms with Crippen LogP contribution in [0.1, 0.15) is 31.7 Å². The van der Waals surface area contributed by atoms with Gasteiger partial charge in [-0.3, -0.25) is 19.2 Å². The highest BCUT2D eigenvalue weighted by molar-refractivity contribution is 5.81. The van der Waals surface area contributed by atoms with Gasteiger partial charge in [0.15, 0.2) is 6.61 Å². The van der Waals surface area contributed by atoms with E-state index in [1.165, 1.54) is 0 Å². The molecular formula is C19H26N2O6. The van der Waals surface area contributed by atoms with Gasteiger partial charge in [-0.1, -0.05) is 30.3 Å². The topological polar surface area (TPSA) is 111 Å². The lowest BCUT2D eigenvalue weighted by Crippen LogP contribution is -2.31. The van der Waals surface area contributed by atoms with E-state index in [9.17, 15) is 19.2 Å². The minimum absolute atomic E-state index is 0.0172. The van der Waals surface area contributed by atoms with Crippen molar-refractivity contribution >= 4 is 23.8 Å². The molecule has 8 nitrogen and oxygen atoms in total. The maximum atomic E-state index is 11.7. The molecule has 0 saturated heterocycles. The second kappa shape index (κ2) is 13.3. The first-order chi connectivity index (χ1) is 13.0. The molecule has 1 rings (SSSR count). The van der Waals surface area contributed by atoms with Gasteiger partial charge in [0, 0.05) is 19.5 Å². The molecule has 0 fully saturated rings. The molecule has 8 heteroatoms. The Morgan fingerprint density at radius 3 is 2.22 bits per heavy atom. The van der Waals surface area contributed by atoms with E-state index in [-0.39, 0.29) is 37.7 Å². The Morgan fingerprint density at radius 2 is 1.52 bits per heavy atom. The van der Waals surface area contributed by atoms with Crippen molar-refractivity contribution in [3.05, 3.63) is 35.9 Å². The normalized spacial score (nSPS) is 9.96. The van der Waals surface area contributed by atoms with Crippen molar-refractivity contribution in [2.45, 2.75) is 32.6 Å². The highest BCUT2D eigenvalue weighted by Crippen LogP contribution is 1.99. The van der Waals surface area contributed by atoms with Crippen LogP contribution in [-0.2, 0) is 35.1 Å². The van der Waals surface area contributed by atoms with E-state index in [1.54, 1.807) is 6.92 Å². The van der Waals surface area contributed by atoms with Gasteiger partial charge >= 0.3 is 11.9 Å². The molecule has 0 saturated carbocycles. The molecule has 0 unspecified atom stereocenters. The Labute approximate surface area is 158 Å². The first-order valence-corrected chi connectivity index (χ1v) is 8.89. The van der Waals surface area contributed by atoms with E-state index in [0.29, 0.717) is 19.6 Å². The standard InChI is InChI=1S/C19H26N2O6/c1-2-26-18(24)9-6-11-20-17(23)14-27-19(25)10-12-21-16(22)13-15-7-4-3-5-8-15/h3-5,7-8H,2,6,9-14H2,1H3,(H,20,23)(H,21,22). The predicted molar refractivity (Wildman–Crippen MR) is 97.6 cm³/mol. The number of carbonyl (C=O) groups is 4. The van der Waals surface area contributed by atoms with Crippen LogP contribution in [-0.4, -0.2) is 50.1 Å². The van der Waals surface area contributed by atoms with Crippen molar-refractivity contribution in [2.75, 3.05) is 26.3 Å². The van der Waals surface area contributed by atoms with Crippen molar-refractivity contribution in [1.29, 1.82) is 0 Å². The van der Waals surface area contributed by atoms with Gasteiger partial charge in [-0.25, -0.2) is 0 Å². The molecule has 0 bridgehead atoms. The summed E-state index contributed by atoms with van der Waals surface area (Å²) in [6.45, 7) is 2.10. The number of hydrogen-bond acceptors (Lipinski definition) is 6. The fourth-order valence-corrected chi connectivity index (χ4v) is 2.11. The van der Waals surface area contributed by atoms with Gasteiger partial charge < -0.3 is 20.1 Å². The van der Waals surface area contributed by atoms with E-state index in [1.807, 2.05) is 30.3 Å². The maximum absolute atomic E-state index is 11.7. The second-order valence-electron chi connectivity index (χ2n) is 5.68. The van der Waals surface area contributed by atoms with Crippen LogP contribution in [0.2, 0.25) is 0 Å². The van der Waals surface area contributed by atoms with E-state index in [4.69, 9.17) is 9.47 Å². The molecule has 1 aromatic carbocycles. The Hall–Kier alpha value is -2.90. The summed E-state index contributed by atoms with van der Waals surface area (Å²) in [5.74, 6) is -1.52. The molecule has 148 valence electrons. The van der Waals surface area contributed by atoms with Gasteiger partial charge in [-0.15, -0.1) is 0 Å². The van der Waals surface area contributed by atoms with Crippen LogP contribution >= 0.6 is 0 Å². The highest BCUT2D eigenvalue weighted by atomic mass is 16.5. The number of esters is 2. The zero-order chi connectivity index (χ0) is 19.9. The van der Waals surface area contributed by atoms with Crippen LogP contribution < -0.4 is 10.6 Å². The van der Waals surface area contributed by atoms with Crippen molar-refractivity contribution < 1.29 is 28.7 Å². The monoisotopic (exact) mass is 378 g/mol. The number of ether oxygens (including phenoxy) is 2. The third-order valence-corrected chi connectivity index (χ3v) is 3.41. The molecule has 0 aliphatic heterocycles. The molecule has 2 amide bonds. The molecule has 0 aliphatic carbocycles. The van der Waals surface area contributed by atoms with Crippen LogP contribution in [0.5, 0.6) is 0 Å². The summed E-state index contributed by atoms with van der Waals surface area (Å²) in [6.07, 6.45) is 0.892. The van der Waals surface area contributed by atoms with Gasteiger partial charge in [0.25, 0.3) is 5.91 Å². The summed E-state index contributed by atoms with van der Waals surface area (Å²) in [5.41, 5.74) is 0.886. The largest absolute Gasteiger partial charge is 0.466 e. The predicted octanol–water partition coefficient (Wildman–Crippen LogP) is 0.738. The minimum Gasteiger partial charge on any atom is -0.466 e. The average Bonchev–Trinajstić information content (AvgIpc) is 2.64. The number of rotatable bonds is 12. The number of amides is 2. The first-order valence-electron chi connectivity index (χ1n) is 8.89. The molecule has 0 aliphatic rings. The SMILES string of the molecule is CCOC(=O)CCCNC(=O)COC(=O)CCNC(=O)Cc1ccccc1. The molecule has 0 radical (unpaired) electrons. The molecule has 27 heavy (non-hydrogen) atoms. The summed E-state index contributed by atoms with van der Waals surface area (Å²) < 4.78 is 9.59. The molecule has 0 heterocycles. The van der Waals surface area contributed by atoms with E-state index >= 15 is 0 Å². The summed E-state index contributed by atoms with van der Waals surface area (Å²) >= 11 is 0. The van der Waals surface area contributed by atoms with Gasteiger partial charge in [-0.05, 0) is 18.9 Å². The lowest BCUT2D eigenvalue weighted by Gasteiger charge is -2.07. The Balaban J connectivity index is 2.05. The van der Waals surface area contributed by atoms with Gasteiger partial charge in [0.05, 0.1) is 19.4 Å². The second-order valence-corrected chi connectivity index (χ2v) is 5.68. The van der Waals surface area contributed by atoms with Crippen molar-refractivity contribution in [3.8, 4) is 0 Å². The molecule has 0 atom stereocenters. The van der Waals surface area contributed by atoms with Crippen LogP contribution in [0.25, 0.3) is 0 Å². The Morgan fingerprint density at radius 1 is 0.852 bits per heavy atom. The average molecular weight is 378 g/mol. The molecular weight excluding hydrogens is 352 g/mol. The third kappa shape index (κ3) is 11.4. The number of carbonyl (C=O) groups excluding carboxylic acids is 4. The summed E-state index contributed by atoms with van der Waals surface area (Å²) in [7, 11) is 0. The zero-order valence-corrected chi connectivity index (χ0v) is 15.5.